The number of hydrogen-bond acceptors (Lipinski definition) is 2. The number of phenols is 2. The summed E-state index contributed by atoms with van der Waals surface area (Å²) >= 11 is 19.8. The minimum absolute atomic E-state index is 0.132. The first kappa shape index (κ1) is 15.4. The molecule has 0 fully saturated rings. The van der Waals surface area contributed by atoms with Crippen LogP contribution >= 0.6 is 50.7 Å². The Labute approximate surface area is 128 Å². The third kappa shape index (κ3) is 4.94. The molecule has 2 N–H and O–H groups in total. The van der Waals surface area contributed by atoms with Gasteiger partial charge in [-0.3, -0.25) is 0 Å². The van der Waals surface area contributed by atoms with Gasteiger partial charge >= 0.3 is 0 Å². The van der Waals surface area contributed by atoms with Crippen molar-refractivity contribution in [1.82, 2.24) is 0 Å². The van der Waals surface area contributed by atoms with E-state index in [2.05, 4.69) is 15.9 Å². The summed E-state index contributed by atoms with van der Waals surface area (Å²) in [6, 6.07) is 9.67. The molecular weight excluding hydrogens is 362 g/mol. The predicted molar refractivity (Wildman–Crippen MR) is 78.9 cm³/mol. The fourth-order valence-electron chi connectivity index (χ4n) is 0.976. The van der Waals surface area contributed by atoms with Crippen molar-refractivity contribution in [3.63, 3.8) is 0 Å². The monoisotopic (exact) mass is 368 g/mol. The SMILES string of the molecule is Oc1c(Cl)cc(Cl)cc1Cl.Oc1ccc(Br)cc1. The molecule has 2 aromatic rings. The molecule has 0 amide bonds. The maximum absolute atomic E-state index is 9.01. The van der Waals surface area contributed by atoms with Gasteiger partial charge in [-0.1, -0.05) is 50.7 Å². The molecule has 2 rings (SSSR count). The van der Waals surface area contributed by atoms with Gasteiger partial charge in [-0.2, -0.15) is 0 Å². The van der Waals surface area contributed by atoms with Gasteiger partial charge in [-0.05, 0) is 36.4 Å². The summed E-state index contributed by atoms with van der Waals surface area (Å²) in [5, 5.41) is 18.5. The average Bonchev–Trinajstić information content (AvgIpc) is 2.31. The molecule has 0 radical (unpaired) electrons. The molecule has 18 heavy (non-hydrogen) atoms. The van der Waals surface area contributed by atoms with Crippen LogP contribution in [0.4, 0.5) is 0 Å². The lowest BCUT2D eigenvalue weighted by Crippen LogP contribution is -1.70. The molecule has 0 heterocycles. The molecule has 0 aromatic heterocycles. The van der Waals surface area contributed by atoms with E-state index >= 15 is 0 Å². The van der Waals surface area contributed by atoms with E-state index in [1.54, 1.807) is 24.3 Å². The van der Waals surface area contributed by atoms with Crippen LogP contribution in [0, 0.1) is 0 Å². The number of rotatable bonds is 0. The molecule has 0 aliphatic heterocycles. The predicted octanol–water partition coefficient (Wildman–Crippen LogP) is 5.51. The van der Waals surface area contributed by atoms with Crippen LogP contribution in [0.5, 0.6) is 11.5 Å². The summed E-state index contributed by atoms with van der Waals surface area (Å²) in [6.45, 7) is 0. The molecule has 0 saturated heterocycles. The van der Waals surface area contributed by atoms with Crippen molar-refractivity contribution >= 4 is 50.7 Å². The fraction of sp³-hybridized carbons (Fsp3) is 0. The van der Waals surface area contributed by atoms with E-state index in [0.29, 0.717) is 10.8 Å². The van der Waals surface area contributed by atoms with Crippen LogP contribution in [0.25, 0.3) is 0 Å². The molecule has 6 heteroatoms. The summed E-state index contributed by atoms with van der Waals surface area (Å²) in [7, 11) is 0. The number of phenolic OH excluding ortho intramolecular Hbond substituents is 2. The lowest BCUT2D eigenvalue weighted by Gasteiger charge is -1.98. The highest BCUT2D eigenvalue weighted by atomic mass is 79.9. The Kier molecular flexibility index (Phi) is 6.09. The molecule has 0 aliphatic carbocycles. The molecule has 2 nitrogen and oxygen atoms in total. The first-order valence-corrected chi connectivity index (χ1v) is 6.61. The second kappa shape index (κ2) is 7.10. The van der Waals surface area contributed by atoms with E-state index < -0.39 is 0 Å². The van der Waals surface area contributed by atoms with Gasteiger partial charge in [0.1, 0.15) is 5.75 Å². The van der Waals surface area contributed by atoms with E-state index in [1.165, 1.54) is 12.1 Å². The van der Waals surface area contributed by atoms with Crippen LogP contribution in [0.1, 0.15) is 0 Å². The summed E-state index contributed by atoms with van der Waals surface area (Å²) in [5.41, 5.74) is 0. The fourth-order valence-corrected chi connectivity index (χ4v) is 2.06. The largest absolute Gasteiger partial charge is 0.508 e. The normalized spacial score (nSPS) is 9.56. The third-order valence-corrected chi connectivity index (χ3v) is 3.13. The zero-order valence-electron chi connectivity index (χ0n) is 8.87. The van der Waals surface area contributed by atoms with E-state index in [0.717, 1.165) is 4.47 Å². The van der Waals surface area contributed by atoms with Crippen molar-refractivity contribution in [3.8, 4) is 11.5 Å². The van der Waals surface area contributed by atoms with Crippen molar-refractivity contribution in [3.05, 3.63) is 55.9 Å². The van der Waals surface area contributed by atoms with Gasteiger partial charge in [-0.15, -0.1) is 0 Å². The molecule has 0 atom stereocenters. The van der Waals surface area contributed by atoms with E-state index in [-0.39, 0.29) is 15.8 Å². The Morgan fingerprint density at radius 2 is 1.28 bits per heavy atom. The Morgan fingerprint density at radius 1 is 0.833 bits per heavy atom. The summed E-state index contributed by atoms with van der Waals surface area (Å²) < 4.78 is 0.982. The second-order valence-electron chi connectivity index (χ2n) is 3.19. The summed E-state index contributed by atoms with van der Waals surface area (Å²) in [5.74, 6) is 0.168. The van der Waals surface area contributed by atoms with E-state index in [4.69, 9.17) is 45.0 Å². The summed E-state index contributed by atoms with van der Waals surface area (Å²) in [6.07, 6.45) is 0. The maximum Gasteiger partial charge on any atom is 0.152 e. The molecule has 0 bridgehead atoms. The molecule has 0 saturated carbocycles. The van der Waals surface area contributed by atoms with Crippen LogP contribution in [-0.2, 0) is 0 Å². The van der Waals surface area contributed by atoms with Gasteiger partial charge in [-0.25, -0.2) is 0 Å². The highest BCUT2D eigenvalue weighted by Crippen LogP contribution is 2.34. The number of hydrogen-bond donors (Lipinski definition) is 2. The zero-order chi connectivity index (χ0) is 13.7. The van der Waals surface area contributed by atoms with Gasteiger partial charge in [0, 0.05) is 9.50 Å². The van der Waals surface area contributed by atoms with Crippen LogP contribution in [0.2, 0.25) is 15.1 Å². The zero-order valence-corrected chi connectivity index (χ0v) is 12.7. The quantitative estimate of drug-likeness (QED) is 0.642. The van der Waals surface area contributed by atoms with Crippen LogP contribution in [-0.4, -0.2) is 10.2 Å². The van der Waals surface area contributed by atoms with Gasteiger partial charge in [0.2, 0.25) is 0 Å². The highest BCUT2D eigenvalue weighted by molar-refractivity contribution is 9.10. The van der Waals surface area contributed by atoms with Crippen LogP contribution in [0.15, 0.2) is 40.9 Å². The van der Waals surface area contributed by atoms with Gasteiger partial charge in [0.25, 0.3) is 0 Å². The first-order chi connectivity index (χ1) is 8.40. The molecule has 0 aliphatic rings. The Balaban J connectivity index is 0.000000184. The molecule has 96 valence electrons. The molecule has 0 spiro atoms. The summed E-state index contributed by atoms with van der Waals surface area (Å²) in [4.78, 5) is 0. The average molecular weight is 370 g/mol. The lowest BCUT2D eigenvalue weighted by atomic mass is 10.3. The van der Waals surface area contributed by atoms with Gasteiger partial charge < -0.3 is 10.2 Å². The van der Waals surface area contributed by atoms with Crippen molar-refractivity contribution in [2.24, 2.45) is 0 Å². The molecule has 0 unspecified atom stereocenters. The van der Waals surface area contributed by atoms with E-state index in [1.807, 2.05) is 0 Å². The smallest absolute Gasteiger partial charge is 0.152 e. The standard InChI is InChI=1S/C6H5BrO.C6H3Cl3O/c7-5-1-3-6(8)4-2-5;7-3-1-4(8)6(10)5(9)2-3/h1-4,8H;1-2,10H. The topological polar surface area (TPSA) is 40.5 Å². The van der Waals surface area contributed by atoms with Gasteiger partial charge in [0.15, 0.2) is 5.75 Å². The van der Waals surface area contributed by atoms with Crippen molar-refractivity contribution in [2.45, 2.75) is 0 Å². The van der Waals surface area contributed by atoms with Crippen LogP contribution < -0.4 is 0 Å². The Morgan fingerprint density at radius 3 is 1.67 bits per heavy atom. The number of aromatic hydroxyl groups is 2. The van der Waals surface area contributed by atoms with Gasteiger partial charge in [0.05, 0.1) is 10.0 Å². The Bertz CT molecular complexity index is 485. The Hall–Kier alpha value is -0.610. The highest BCUT2D eigenvalue weighted by Gasteiger charge is 2.04. The van der Waals surface area contributed by atoms with Crippen molar-refractivity contribution < 1.29 is 10.2 Å². The maximum atomic E-state index is 9.01. The second-order valence-corrected chi connectivity index (χ2v) is 5.36. The van der Waals surface area contributed by atoms with Crippen molar-refractivity contribution in [2.75, 3.05) is 0 Å². The number of benzene rings is 2. The van der Waals surface area contributed by atoms with Crippen molar-refractivity contribution in [1.29, 1.82) is 0 Å². The number of halogens is 4. The molecular formula is C12H8BrCl3O2. The minimum atomic E-state index is -0.132. The lowest BCUT2D eigenvalue weighted by molar-refractivity contribution is 0.475. The first-order valence-electron chi connectivity index (χ1n) is 4.68. The third-order valence-electron chi connectivity index (χ3n) is 1.81. The minimum Gasteiger partial charge on any atom is -0.508 e. The van der Waals surface area contributed by atoms with Crippen LogP contribution in [0.3, 0.4) is 0 Å². The van der Waals surface area contributed by atoms with E-state index in [9.17, 15) is 0 Å². The molecule has 2 aromatic carbocycles.